The van der Waals surface area contributed by atoms with Gasteiger partial charge in [0.05, 0.1) is 6.33 Å². The smallest absolute Gasteiger partial charge is 0.326 e. The van der Waals surface area contributed by atoms with Crippen LogP contribution in [0.15, 0.2) is 12.7 Å². The fourth-order valence-electron chi connectivity index (χ4n) is 1.23. The van der Waals surface area contributed by atoms with Gasteiger partial charge in [-0.2, -0.15) is 0 Å². The average molecular weight is 227 g/mol. The predicted molar refractivity (Wildman–Crippen MR) is 52.7 cm³/mol. The van der Waals surface area contributed by atoms with Gasteiger partial charge in [-0.3, -0.25) is 0 Å². The minimum absolute atomic E-state index is 0.219. The number of fused-ring (bicyclic) bond motifs is 1. The number of hydrogen-bond acceptors (Lipinski definition) is 4. The van der Waals surface area contributed by atoms with Gasteiger partial charge in [0.15, 0.2) is 10.8 Å². The first-order valence-corrected chi connectivity index (χ1v) is 4.55. The first kappa shape index (κ1) is 9.85. The van der Waals surface area contributed by atoms with E-state index in [1.807, 2.05) is 0 Å². The van der Waals surface area contributed by atoms with Crippen molar-refractivity contribution in [1.82, 2.24) is 19.5 Å². The van der Waals surface area contributed by atoms with E-state index in [9.17, 15) is 4.79 Å². The molecule has 2 rings (SSSR count). The van der Waals surface area contributed by atoms with Crippen molar-refractivity contribution in [3.8, 4) is 0 Å². The lowest BCUT2D eigenvalue weighted by atomic mass is 10.3. The molecule has 6 nitrogen and oxygen atoms in total. The molecule has 78 valence electrons. The van der Waals surface area contributed by atoms with Crippen LogP contribution >= 0.6 is 11.6 Å². The molecule has 0 aliphatic rings. The molecule has 0 bridgehead atoms. The molecule has 15 heavy (non-hydrogen) atoms. The topological polar surface area (TPSA) is 80.9 Å². The molecule has 2 aromatic rings. The highest BCUT2D eigenvalue weighted by Crippen LogP contribution is 2.20. The van der Waals surface area contributed by atoms with Crippen LogP contribution in [-0.2, 0) is 4.79 Å². The minimum atomic E-state index is -0.955. The number of carbonyl (C=O) groups is 1. The molecule has 0 aliphatic carbocycles. The number of aromatic nitrogens is 4. The number of nitrogens with zero attached hydrogens (tertiary/aromatic N) is 4. The van der Waals surface area contributed by atoms with E-state index in [1.165, 1.54) is 17.2 Å². The van der Waals surface area contributed by atoms with Crippen LogP contribution in [0, 0.1) is 0 Å². The normalized spacial score (nSPS) is 12.9. The van der Waals surface area contributed by atoms with Crippen molar-refractivity contribution in [1.29, 1.82) is 0 Å². The van der Waals surface area contributed by atoms with Gasteiger partial charge in [-0.25, -0.2) is 19.7 Å². The first-order valence-electron chi connectivity index (χ1n) is 4.17. The van der Waals surface area contributed by atoms with Crippen molar-refractivity contribution in [3.63, 3.8) is 0 Å². The molecule has 1 N–H and O–H groups in total. The van der Waals surface area contributed by atoms with E-state index in [1.54, 1.807) is 6.92 Å². The highest BCUT2D eigenvalue weighted by Gasteiger charge is 2.17. The molecule has 1 atom stereocenters. The zero-order chi connectivity index (χ0) is 11.0. The maximum Gasteiger partial charge on any atom is 0.326 e. The Balaban J connectivity index is 2.64. The van der Waals surface area contributed by atoms with Crippen LogP contribution in [-0.4, -0.2) is 30.6 Å². The summed E-state index contributed by atoms with van der Waals surface area (Å²) in [6.07, 6.45) is 2.67. The molecular weight excluding hydrogens is 220 g/mol. The average Bonchev–Trinajstić information content (AvgIpc) is 2.61. The lowest BCUT2D eigenvalue weighted by Crippen LogP contribution is -2.14. The van der Waals surface area contributed by atoms with E-state index >= 15 is 0 Å². The Morgan fingerprint density at radius 3 is 2.93 bits per heavy atom. The second kappa shape index (κ2) is 3.47. The minimum Gasteiger partial charge on any atom is -0.480 e. The van der Waals surface area contributed by atoms with E-state index in [2.05, 4.69) is 15.0 Å². The van der Waals surface area contributed by atoms with Gasteiger partial charge < -0.3 is 9.67 Å². The van der Waals surface area contributed by atoms with Crippen molar-refractivity contribution in [2.24, 2.45) is 0 Å². The maximum absolute atomic E-state index is 10.8. The summed E-state index contributed by atoms with van der Waals surface area (Å²) >= 11 is 5.78. The Bertz CT molecular complexity index is 524. The molecule has 2 aromatic heterocycles. The lowest BCUT2D eigenvalue weighted by molar-refractivity contribution is -0.140. The number of imidazole rings is 1. The zero-order valence-electron chi connectivity index (χ0n) is 7.75. The molecule has 0 amide bonds. The molecule has 0 saturated heterocycles. The summed E-state index contributed by atoms with van der Waals surface area (Å²) in [5.74, 6) is -0.955. The third-order valence-electron chi connectivity index (χ3n) is 2.09. The van der Waals surface area contributed by atoms with Gasteiger partial charge in [-0.1, -0.05) is 11.6 Å². The predicted octanol–water partition coefficient (Wildman–Crippen LogP) is 1.13. The van der Waals surface area contributed by atoms with E-state index in [4.69, 9.17) is 16.7 Å². The Hall–Kier alpha value is -1.69. The number of carboxylic acids is 1. The summed E-state index contributed by atoms with van der Waals surface area (Å²) in [5, 5.41) is 9.08. The number of rotatable bonds is 2. The van der Waals surface area contributed by atoms with Crippen molar-refractivity contribution in [3.05, 3.63) is 17.8 Å². The molecule has 0 saturated carbocycles. The molecular formula is C8H7ClN4O2. The maximum atomic E-state index is 10.8. The number of halogens is 1. The molecule has 0 spiro atoms. The van der Waals surface area contributed by atoms with Crippen LogP contribution in [0.5, 0.6) is 0 Å². The summed E-state index contributed by atoms with van der Waals surface area (Å²) in [4.78, 5) is 22.5. The fraction of sp³-hybridized carbons (Fsp3) is 0.250. The molecule has 0 radical (unpaired) electrons. The fourth-order valence-corrected chi connectivity index (χ4v) is 1.40. The Morgan fingerprint density at radius 2 is 2.27 bits per heavy atom. The van der Waals surface area contributed by atoms with E-state index in [0.29, 0.717) is 11.2 Å². The van der Waals surface area contributed by atoms with Gasteiger partial charge in [0, 0.05) is 0 Å². The Labute approximate surface area is 89.5 Å². The molecule has 2 heterocycles. The largest absolute Gasteiger partial charge is 0.480 e. The van der Waals surface area contributed by atoms with E-state index in [-0.39, 0.29) is 5.15 Å². The molecule has 0 unspecified atom stereocenters. The van der Waals surface area contributed by atoms with Gasteiger partial charge in [0.1, 0.15) is 17.9 Å². The van der Waals surface area contributed by atoms with Crippen molar-refractivity contribution < 1.29 is 9.90 Å². The van der Waals surface area contributed by atoms with E-state index in [0.717, 1.165) is 0 Å². The Kier molecular flexibility index (Phi) is 2.28. The van der Waals surface area contributed by atoms with Crippen LogP contribution in [0.3, 0.4) is 0 Å². The number of carboxylic acid groups (broad SMARTS) is 1. The van der Waals surface area contributed by atoms with Crippen LogP contribution in [0.4, 0.5) is 0 Å². The van der Waals surface area contributed by atoms with Gasteiger partial charge in [0.2, 0.25) is 0 Å². The zero-order valence-corrected chi connectivity index (χ0v) is 8.51. The van der Waals surface area contributed by atoms with Gasteiger partial charge in [0.25, 0.3) is 0 Å². The second-order valence-corrected chi connectivity index (χ2v) is 3.36. The molecule has 7 heteroatoms. The van der Waals surface area contributed by atoms with Crippen molar-refractivity contribution >= 4 is 28.7 Å². The summed E-state index contributed by atoms with van der Waals surface area (Å²) in [6, 6.07) is -0.735. The van der Waals surface area contributed by atoms with Crippen LogP contribution in [0.1, 0.15) is 13.0 Å². The SMILES string of the molecule is C[C@H](C(=O)O)n1cnc2c(Cl)ncnc21. The highest BCUT2D eigenvalue weighted by molar-refractivity contribution is 6.33. The van der Waals surface area contributed by atoms with Gasteiger partial charge in [-0.05, 0) is 6.92 Å². The van der Waals surface area contributed by atoms with Gasteiger partial charge in [-0.15, -0.1) is 0 Å². The first-order chi connectivity index (χ1) is 7.11. The quantitative estimate of drug-likeness (QED) is 0.777. The summed E-state index contributed by atoms with van der Waals surface area (Å²) < 4.78 is 1.44. The van der Waals surface area contributed by atoms with Crippen molar-refractivity contribution in [2.45, 2.75) is 13.0 Å². The molecule has 0 fully saturated rings. The summed E-state index contributed by atoms with van der Waals surface area (Å²) in [5.41, 5.74) is 0.831. The lowest BCUT2D eigenvalue weighted by Gasteiger charge is -2.07. The third kappa shape index (κ3) is 1.52. The summed E-state index contributed by atoms with van der Waals surface area (Å²) in [7, 11) is 0. The van der Waals surface area contributed by atoms with Crippen LogP contribution in [0.2, 0.25) is 5.15 Å². The Morgan fingerprint density at radius 1 is 1.53 bits per heavy atom. The number of aliphatic carboxylic acids is 1. The number of hydrogen-bond donors (Lipinski definition) is 1. The molecule has 0 aliphatic heterocycles. The van der Waals surface area contributed by atoms with Crippen LogP contribution < -0.4 is 0 Å². The highest BCUT2D eigenvalue weighted by atomic mass is 35.5. The monoisotopic (exact) mass is 226 g/mol. The molecule has 0 aromatic carbocycles. The van der Waals surface area contributed by atoms with Crippen molar-refractivity contribution in [2.75, 3.05) is 0 Å². The third-order valence-corrected chi connectivity index (χ3v) is 2.37. The van der Waals surface area contributed by atoms with Gasteiger partial charge >= 0.3 is 5.97 Å². The second-order valence-electron chi connectivity index (χ2n) is 3.00. The standard InChI is InChI=1S/C8H7ClN4O2/c1-4(8(14)15)13-3-12-5-6(9)10-2-11-7(5)13/h2-4H,1H3,(H,14,15)/t4-/m1/s1. The van der Waals surface area contributed by atoms with E-state index < -0.39 is 12.0 Å². The summed E-state index contributed by atoms with van der Waals surface area (Å²) in [6.45, 7) is 1.54. The van der Waals surface area contributed by atoms with Crippen LogP contribution in [0.25, 0.3) is 11.2 Å².